The maximum Gasteiger partial charge on any atom is 0.433 e. The van der Waals surface area contributed by atoms with Gasteiger partial charge in [0.15, 0.2) is 11.0 Å². The molecule has 0 saturated heterocycles. The Morgan fingerprint density at radius 2 is 1.79 bits per heavy atom. The Morgan fingerprint density at radius 1 is 1.04 bits per heavy atom. The molecular formula is C14H8F4N4OS. The van der Waals surface area contributed by atoms with Crippen LogP contribution in [-0.4, -0.2) is 20.1 Å². The number of hydrogen-bond donors (Lipinski definition) is 0. The molecule has 124 valence electrons. The summed E-state index contributed by atoms with van der Waals surface area (Å²) in [6.07, 6.45) is -3.49. The van der Waals surface area contributed by atoms with Crippen molar-refractivity contribution in [2.45, 2.75) is 17.1 Å². The lowest BCUT2D eigenvalue weighted by Gasteiger charge is -2.05. The second-order valence-corrected chi connectivity index (χ2v) is 5.48. The molecule has 0 atom stereocenters. The Bertz CT molecular complexity index is 835. The van der Waals surface area contributed by atoms with Crippen molar-refractivity contribution in [2.75, 3.05) is 0 Å². The summed E-state index contributed by atoms with van der Waals surface area (Å²) in [4.78, 5) is 11.3. The van der Waals surface area contributed by atoms with Gasteiger partial charge < -0.3 is 4.52 Å². The number of aromatic nitrogens is 4. The van der Waals surface area contributed by atoms with Crippen LogP contribution < -0.4 is 0 Å². The van der Waals surface area contributed by atoms with Gasteiger partial charge in [-0.15, -0.1) is 0 Å². The second kappa shape index (κ2) is 6.56. The van der Waals surface area contributed by atoms with Gasteiger partial charge in [0.25, 0.3) is 5.89 Å². The molecule has 10 heteroatoms. The molecule has 2 aromatic heterocycles. The van der Waals surface area contributed by atoms with Crippen LogP contribution in [0.15, 0.2) is 46.2 Å². The molecule has 0 fully saturated rings. The van der Waals surface area contributed by atoms with Crippen LogP contribution in [0.3, 0.4) is 0 Å². The number of benzene rings is 1. The fraction of sp³-hybridized carbons (Fsp3) is 0.143. The predicted molar refractivity (Wildman–Crippen MR) is 76.3 cm³/mol. The zero-order valence-electron chi connectivity index (χ0n) is 11.8. The summed E-state index contributed by atoms with van der Waals surface area (Å²) in [5, 5.41) is 3.68. The third-order valence-electron chi connectivity index (χ3n) is 2.81. The molecule has 0 bridgehead atoms. The van der Waals surface area contributed by atoms with Gasteiger partial charge in [0.1, 0.15) is 11.5 Å². The van der Waals surface area contributed by atoms with Gasteiger partial charge in [-0.2, -0.15) is 18.2 Å². The van der Waals surface area contributed by atoms with Gasteiger partial charge in [-0.1, -0.05) is 16.9 Å². The molecule has 3 aromatic rings. The van der Waals surface area contributed by atoms with Gasteiger partial charge in [0, 0.05) is 11.8 Å². The zero-order chi connectivity index (χ0) is 17.2. The van der Waals surface area contributed by atoms with E-state index in [1.165, 1.54) is 24.3 Å². The average Bonchev–Trinajstić information content (AvgIpc) is 3.02. The first-order chi connectivity index (χ1) is 11.4. The Labute approximate surface area is 137 Å². The van der Waals surface area contributed by atoms with E-state index < -0.39 is 17.7 Å². The van der Waals surface area contributed by atoms with E-state index in [-0.39, 0.29) is 22.6 Å². The molecule has 2 heterocycles. The Kier molecular flexibility index (Phi) is 4.47. The fourth-order valence-electron chi connectivity index (χ4n) is 1.72. The number of nitrogens with zero attached hydrogens (tertiary/aromatic N) is 4. The number of hydrogen-bond acceptors (Lipinski definition) is 6. The molecule has 0 saturated carbocycles. The Hall–Kier alpha value is -2.49. The fourth-order valence-corrected chi connectivity index (χ4v) is 2.39. The van der Waals surface area contributed by atoms with E-state index in [9.17, 15) is 17.6 Å². The zero-order valence-corrected chi connectivity index (χ0v) is 12.6. The van der Waals surface area contributed by atoms with Crippen LogP contribution in [0.25, 0.3) is 11.5 Å². The maximum absolute atomic E-state index is 12.9. The average molecular weight is 356 g/mol. The number of rotatable bonds is 4. The van der Waals surface area contributed by atoms with Gasteiger partial charge in [0.05, 0.1) is 5.75 Å². The van der Waals surface area contributed by atoms with Gasteiger partial charge in [-0.05, 0) is 30.3 Å². The van der Waals surface area contributed by atoms with E-state index in [1.807, 2.05) is 0 Å². The lowest BCUT2D eigenvalue weighted by molar-refractivity contribution is -0.141. The van der Waals surface area contributed by atoms with E-state index in [0.29, 0.717) is 5.56 Å². The van der Waals surface area contributed by atoms with Crippen molar-refractivity contribution in [3.63, 3.8) is 0 Å². The van der Waals surface area contributed by atoms with Crippen LogP contribution in [-0.2, 0) is 11.9 Å². The number of thioether (sulfide) groups is 1. The van der Waals surface area contributed by atoms with E-state index in [2.05, 4.69) is 20.1 Å². The molecule has 3 rings (SSSR count). The monoisotopic (exact) mass is 356 g/mol. The van der Waals surface area contributed by atoms with Gasteiger partial charge in [0.2, 0.25) is 0 Å². The molecule has 0 N–H and O–H groups in total. The molecule has 5 nitrogen and oxygen atoms in total. The minimum absolute atomic E-state index is 0.0436. The summed E-state index contributed by atoms with van der Waals surface area (Å²) in [7, 11) is 0. The molecule has 0 radical (unpaired) electrons. The van der Waals surface area contributed by atoms with Crippen molar-refractivity contribution < 1.29 is 22.1 Å². The molecular weight excluding hydrogens is 348 g/mol. The molecule has 24 heavy (non-hydrogen) atoms. The van der Waals surface area contributed by atoms with Crippen molar-refractivity contribution in [3.8, 4) is 11.5 Å². The predicted octanol–water partition coefficient (Wildman–Crippen LogP) is 3.98. The van der Waals surface area contributed by atoms with Crippen molar-refractivity contribution in [1.82, 2.24) is 20.1 Å². The van der Waals surface area contributed by atoms with Crippen LogP contribution in [0.1, 0.15) is 11.5 Å². The van der Waals surface area contributed by atoms with Gasteiger partial charge in [-0.25, -0.2) is 14.4 Å². The number of alkyl halides is 3. The first kappa shape index (κ1) is 16.4. The summed E-state index contributed by atoms with van der Waals surface area (Å²) < 4.78 is 55.7. The van der Waals surface area contributed by atoms with Crippen LogP contribution >= 0.6 is 11.8 Å². The molecule has 0 aliphatic rings. The SMILES string of the molecule is Fc1ccc(-c2nc(CSc3nccc(C(F)(F)F)n3)no2)cc1. The van der Waals surface area contributed by atoms with Crippen LogP contribution in [0.5, 0.6) is 0 Å². The van der Waals surface area contributed by atoms with Crippen molar-refractivity contribution >= 4 is 11.8 Å². The first-order valence-electron chi connectivity index (χ1n) is 6.53. The smallest absolute Gasteiger partial charge is 0.334 e. The summed E-state index contributed by atoms with van der Waals surface area (Å²) in [5.41, 5.74) is -0.476. The molecule has 0 spiro atoms. The van der Waals surface area contributed by atoms with Crippen molar-refractivity contribution in [1.29, 1.82) is 0 Å². The quantitative estimate of drug-likeness (QED) is 0.400. The van der Waals surface area contributed by atoms with Crippen molar-refractivity contribution in [3.05, 3.63) is 53.9 Å². The summed E-state index contributed by atoms with van der Waals surface area (Å²) in [6.45, 7) is 0. The van der Waals surface area contributed by atoms with Gasteiger partial charge in [-0.3, -0.25) is 0 Å². The highest BCUT2D eigenvalue weighted by atomic mass is 32.2. The third kappa shape index (κ3) is 3.88. The normalized spacial score (nSPS) is 11.7. The van der Waals surface area contributed by atoms with E-state index >= 15 is 0 Å². The molecule has 0 amide bonds. The summed E-state index contributed by atoms with van der Waals surface area (Å²) in [5.74, 6) is 0.193. The van der Waals surface area contributed by atoms with Crippen molar-refractivity contribution in [2.24, 2.45) is 0 Å². The van der Waals surface area contributed by atoms with Crippen LogP contribution in [0.4, 0.5) is 17.6 Å². The lowest BCUT2D eigenvalue weighted by atomic mass is 10.2. The van der Waals surface area contributed by atoms with Gasteiger partial charge >= 0.3 is 6.18 Å². The third-order valence-corrected chi connectivity index (χ3v) is 3.67. The first-order valence-corrected chi connectivity index (χ1v) is 7.52. The lowest BCUT2D eigenvalue weighted by Crippen LogP contribution is -2.08. The highest BCUT2D eigenvalue weighted by molar-refractivity contribution is 7.98. The Balaban J connectivity index is 1.69. The maximum atomic E-state index is 12.9. The number of halogens is 4. The summed E-state index contributed by atoms with van der Waals surface area (Å²) in [6, 6.07) is 6.27. The topological polar surface area (TPSA) is 64.7 Å². The van der Waals surface area contributed by atoms with E-state index in [1.54, 1.807) is 0 Å². The minimum atomic E-state index is -4.53. The Morgan fingerprint density at radius 3 is 2.50 bits per heavy atom. The highest BCUT2D eigenvalue weighted by Gasteiger charge is 2.32. The van der Waals surface area contributed by atoms with E-state index in [4.69, 9.17) is 4.52 Å². The highest BCUT2D eigenvalue weighted by Crippen LogP contribution is 2.29. The standard InChI is InChI=1S/C14H8F4N4OS/c15-9-3-1-8(2-4-9)12-21-11(22-23-12)7-24-13-19-6-5-10(20-13)14(16,17)18/h1-6H,7H2. The molecule has 0 aliphatic carbocycles. The van der Waals surface area contributed by atoms with Crippen LogP contribution in [0.2, 0.25) is 0 Å². The summed E-state index contributed by atoms with van der Waals surface area (Å²) >= 11 is 0.948. The van der Waals surface area contributed by atoms with E-state index in [0.717, 1.165) is 24.0 Å². The van der Waals surface area contributed by atoms with Crippen LogP contribution in [0, 0.1) is 5.82 Å². The minimum Gasteiger partial charge on any atom is -0.334 e. The molecule has 0 aliphatic heterocycles. The molecule has 1 aromatic carbocycles. The molecule has 0 unspecified atom stereocenters. The second-order valence-electron chi connectivity index (χ2n) is 4.53. The largest absolute Gasteiger partial charge is 0.433 e.